The van der Waals surface area contributed by atoms with E-state index in [4.69, 9.17) is 10.00 Å². The number of hydrogen-bond acceptors (Lipinski definition) is 4. The van der Waals surface area contributed by atoms with Crippen LogP contribution >= 0.6 is 0 Å². The zero-order valence-corrected chi connectivity index (χ0v) is 11.9. The maximum Gasteiger partial charge on any atom is 0.331 e. The van der Waals surface area contributed by atoms with Crippen LogP contribution in [0.3, 0.4) is 0 Å². The van der Waals surface area contributed by atoms with Gasteiger partial charge in [0.2, 0.25) is 0 Å². The van der Waals surface area contributed by atoms with Gasteiger partial charge in [0.1, 0.15) is 0 Å². The summed E-state index contributed by atoms with van der Waals surface area (Å²) in [7, 11) is 0. The molecule has 0 saturated heterocycles. The Morgan fingerprint density at radius 1 is 1.29 bits per heavy atom. The van der Waals surface area contributed by atoms with Crippen LogP contribution in [0.15, 0.2) is 48.6 Å². The molecule has 1 aromatic carbocycles. The van der Waals surface area contributed by atoms with E-state index in [0.717, 1.165) is 0 Å². The van der Waals surface area contributed by atoms with E-state index in [1.54, 1.807) is 36.4 Å². The van der Waals surface area contributed by atoms with Gasteiger partial charge in [-0.05, 0) is 38.1 Å². The van der Waals surface area contributed by atoms with E-state index in [2.05, 4.69) is 5.32 Å². The maximum absolute atomic E-state index is 11.8. The number of esters is 1. The number of benzene rings is 1. The van der Waals surface area contributed by atoms with Gasteiger partial charge in [-0.2, -0.15) is 5.26 Å². The Bertz CT molecular complexity index is 595. The second-order valence-corrected chi connectivity index (χ2v) is 4.14. The van der Waals surface area contributed by atoms with Crippen molar-refractivity contribution >= 4 is 17.6 Å². The number of amides is 1. The highest BCUT2D eigenvalue weighted by molar-refractivity contribution is 5.96. The molecule has 0 fully saturated rings. The predicted octanol–water partition coefficient (Wildman–Crippen LogP) is 2.56. The molecule has 1 aromatic rings. The Hall–Kier alpha value is -2.87. The van der Waals surface area contributed by atoms with Crippen molar-refractivity contribution in [1.82, 2.24) is 0 Å². The summed E-state index contributed by atoms with van der Waals surface area (Å²) >= 11 is 0. The van der Waals surface area contributed by atoms with Crippen molar-refractivity contribution in [2.75, 3.05) is 5.32 Å². The lowest BCUT2D eigenvalue weighted by atomic mass is 10.2. The van der Waals surface area contributed by atoms with Crippen molar-refractivity contribution in [3.63, 3.8) is 0 Å². The standard InChI is InChI=1S/C16H16N2O3/c1-3-4-5-6-15(19)21-12(2)16(20)18-14-9-7-13(11-17)8-10-14/h3-10,12H,1-2H3,(H,18,20)/b4-3+,6-5+/t12-/m1/s1. The largest absolute Gasteiger partial charge is 0.449 e. The molecule has 0 radical (unpaired) electrons. The average molecular weight is 284 g/mol. The lowest BCUT2D eigenvalue weighted by Crippen LogP contribution is -2.29. The van der Waals surface area contributed by atoms with Gasteiger partial charge in [-0.15, -0.1) is 0 Å². The normalized spacial score (nSPS) is 12.0. The number of nitrogens with one attached hydrogen (secondary N) is 1. The van der Waals surface area contributed by atoms with E-state index >= 15 is 0 Å². The maximum atomic E-state index is 11.8. The number of hydrogen-bond donors (Lipinski definition) is 1. The lowest BCUT2D eigenvalue weighted by Gasteiger charge is -2.12. The number of allylic oxidation sites excluding steroid dienone is 3. The molecule has 0 saturated carbocycles. The summed E-state index contributed by atoms with van der Waals surface area (Å²) in [6.45, 7) is 3.31. The number of nitrogens with zero attached hydrogens (tertiary/aromatic N) is 1. The van der Waals surface area contributed by atoms with E-state index in [1.165, 1.54) is 19.1 Å². The molecule has 0 heterocycles. The van der Waals surface area contributed by atoms with Gasteiger partial charge in [0.05, 0.1) is 11.6 Å². The molecule has 1 rings (SSSR count). The second kappa shape index (κ2) is 8.33. The van der Waals surface area contributed by atoms with Crippen molar-refractivity contribution in [1.29, 1.82) is 5.26 Å². The third kappa shape index (κ3) is 5.74. The van der Waals surface area contributed by atoms with Crippen molar-refractivity contribution in [3.8, 4) is 6.07 Å². The Labute approximate surface area is 123 Å². The Balaban J connectivity index is 2.54. The summed E-state index contributed by atoms with van der Waals surface area (Å²) < 4.78 is 4.95. The first-order valence-electron chi connectivity index (χ1n) is 6.38. The minimum absolute atomic E-state index is 0.438. The summed E-state index contributed by atoms with van der Waals surface area (Å²) in [5, 5.41) is 11.3. The first-order valence-corrected chi connectivity index (χ1v) is 6.38. The third-order valence-electron chi connectivity index (χ3n) is 2.48. The summed E-state index contributed by atoms with van der Waals surface area (Å²) in [5.74, 6) is -1.02. The van der Waals surface area contributed by atoms with Crippen LogP contribution in [0.25, 0.3) is 0 Å². The van der Waals surface area contributed by atoms with Gasteiger partial charge in [0.25, 0.3) is 5.91 Å². The molecule has 5 heteroatoms. The molecule has 1 atom stereocenters. The fourth-order valence-corrected chi connectivity index (χ4v) is 1.38. The summed E-state index contributed by atoms with van der Waals surface area (Å²) in [6.07, 6.45) is 5.32. The predicted molar refractivity (Wildman–Crippen MR) is 79.3 cm³/mol. The number of carbonyl (C=O) groups excluding carboxylic acids is 2. The first kappa shape index (κ1) is 16.2. The molecule has 0 unspecified atom stereocenters. The quantitative estimate of drug-likeness (QED) is 0.512. The average Bonchev–Trinajstić information content (AvgIpc) is 2.48. The zero-order chi connectivity index (χ0) is 15.7. The lowest BCUT2D eigenvalue weighted by molar-refractivity contribution is -0.148. The molecule has 108 valence electrons. The van der Waals surface area contributed by atoms with Crippen LogP contribution in [0.5, 0.6) is 0 Å². The molecular weight excluding hydrogens is 268 g/mol. The summed E-state index contributed by atoms with van der Waals surface area (Å²) in [6, 6.07) is 8.38. The molecule has 0 aromatic heterocycles. The van der Waals surface area contributed by atoms with E-state index in [-0.39, 0.29) is 0 Å². The highest BCUT2D eigenvalue weighted by Gasteiger charge is 2.16. The topological polar surface area (TPSA) is 79.2 Å². The smallest absolute Gasteiger partial charge is 0.331 e. The van der Waals surface area contributed by atoms with Crippen molar-refractivity contribution in [3.05, 3.63) is 54.1 Å². The minimum Gasteiger partial charge on any atom is -0.449 e. The van der Waals surface area contributed by atoms with E-state index in [1.807, 2.05) is 13.0 Å². The summed E-state index contributed by atoms with van der Waals surface area (Å²) in [5.41, 5.74) is 1.04. The fraction of sp³-hybridized carbons (Fsp3) is 0.188. The van der Waals surface area contributed by atoms with Crippen LogP contribution in [-0.4, -0.2) is 18.0 Å². The molecule has 0 spiro atoms. The number of anilines is 1. The highest BCUT2D eigenvalue weighted by Crippen LogP contribution is 2.09. The molecular formula is C16H16N2O3. The summed E-state index contributed by atoms with van der Waals surface area (Å²) in [4.78, 5) is 23.3. The van der Waals surface area contributed by atoms with E-state index in [0.29, 0.717) is 11.3 Å². The van der Waals surface area contributed by atoms with Gasteiger partial charge in [0.15, 0.2) is 6.10 Å². The molecule has 5 nitrogen and oxygen atoms in total. The fourth-order valence-electron chi connectivity index (χ4n) is 1.38. The van der Waals surface area contributed by atoms with Gasteiger partial charge >= 0.3 is 5.97 Å². The van der Waals surface area contributed by atoms with Crippen LogP contribution in [0, 0.1) is 11.3 Å². The Kier molecular flexibility index (Phi) is 6.42. The molecule has 0 bridgehead atoms. The van der Waals surface area contributed by atoms with Crippen LogP contribution in [0.4, 0.5) is 5.69 Å². The van der Waals surface area contributed by atoms with Crippen LogP contribution in [-0.2, 0) is 14.3 Å². The van der Waals surface area contributed by atoms with Gasteiger partial charge in [0, 0.05) is 11.8 Å². The third-order valence-corrected chi connectivity index (χ3v) is 2.48. The molecule has 1 N–H and O–H groups in total. The van der Waals surface area contributed by atoms with Crippen molar-refractivity contribution in [2.45, 2.75) is 20.0 Å². The van der Waals surface area contributed by atoms with Crippen molar-refractivity contribution < 1.29 is 14.3 Å². The molecule has 0 aliphatic rings. The van der Waals surface area contributed by atoms with Gasteiger partial charge in [-0.25, -0.2) is 4.79 Å². The molecule has 1 amide bonds. The molecule has 0 aliphatic heterocycles. The monoisotopic (exact) mass is 284 g/mol. The van der Waals surface area contributed by atoms with Crippen LogP contribution in [0.2, 0.25) is 0 Å². The Morgan fingerprint density at radius 2 is 1.95 bits per heavy atom. The van der Waals surface area contributed by atoms with E-state index in [9.17, 15) is 9.59 Å². The second-order valence-electron chi connectivity index (χ2n) is 4.14. The van der Waals surface area contributed by atoms with E-state index < -0.39 is 18.0 Å². The molecule has 21 heavy (non-hydrogen) atoms. The van der Waals surface area contributed by atoms with Gasteiger partial charge in [-0.1, -0.05) is 18.2 Å². The number of nitriles is 1. The minimum atomic E-state index is -0.914. The Morgan fingerprint density at radius 3 is 2.52 bits per heavy atom. The van der Waals surface area contributed by atoms with Gasteiger partial charge in [-0.3, -0.25) is 4.79 Å². The molecule has 0 aliphatic carbocycles. The zero-order valence-electron chi connectivity index (χ0n) is 11.9. The van der Waals surface area contributed by atoms with Crippen LogP contribution in [0.1, 0.15) is 19.4 Å². The SMILES string of the molecule is C/C=C/C=C/C(=O)O[C@H](C)C(=O)Nc1ccc(C#N)cc1. The van der Waals surface area contributed by atoms with Gasteiger partial charge < -0.3 is 10.1 Å². The first-order chi connectivity index (χ1) is 10.1. The number of carbonyl (C=O) groups is 2. The number of ether oxygens (including phenoxy) is 1. The van der Waals surface area contributed by atoms with Crippen LogP contribution < -0.4 is 5.32 Å². The highest BCUT2D eigenvalue weighted by atomic mass is 16.5. The number of rotatable bonds is 5. The van der Waals surface area contributed by atoms with Crippen molar-refractivity contribution in [2.24, 2.45) is 0 Å².